The summed E-state index contributed by atoms with van der Waals surface area (Å²) in [6, 6.07) is 6.33. The van der Waals surface area contributed by atoms with Gasteiger partial charge in [-0.15, -0.1) is 24.2 Å². The zero-order valence-corrected chi connectivity index (χ0v) is 16.1. The minimum atomic E-state index is -0.523. The second kappa shape index (κ2) is 9.58. The van der Waals surface area contributed by atoms with E-state index in [0.29, 0.717) is 17.7 Å². The first-order valence-electron chi connectivity index (χ1n) is 8.74. The van der Waals surface area contributed by atoms with Gasteiger partial charge in [-0.05, 0) is 43.7 Å². The minimum Gasteiger partial charge on any atom is -0.352 e. The van der Waals surface area contributed by atoms with Crippen molar-refractivity contribution in [3.05, 3.63) is 35.6 Å². The first-order chi connectivity index (χ1) is 12.0. The molecule has 1 aliphatic carbocycles. The van der Waals surface area contributed by atoms with Crippen molar-refractivity contribution in [3.8, 4) is 0 Å². The average molecular weight is 402 g/mol. The molecule has 0 aromatic heterocycles. The van der Waals surface area contributed by atoms with E-state index >= 15 is 0 Å². The maximum absolute atomic E-state index is 13.8. The van der Waals surface area contributed by atoms with Crippen molar-refractivity contribution in [2.24, 2.45) is 5.73 Å². The summed E-state index contributed by atoms with van der Waals surface area (Å²) < 4.78 is 13.8. The van der Waals surface area contributed by atoms with Crippen molar-refractivity contribution in [1.82, 2.24) is 10.6 Å². The Hall–Kier alpha value is -1.31. The molecule has 5 nitrogen and oxygen atoms in total. The molecule has 1 aliphatic heterocycles. The monoisotopic (exact) mass is 401 g/mol. The highest BCUT2D eigenvalue weighted by molar-refractivity contribution is 8.00. The molecule has 4 N–H and O–H groups in total. The Morgan fingerprint density at radius 2 is 1.96 bits per heavy atom. The van der Waals surface area contributed by atoms with Crippen LogP contribution in [0.15, 0.2) is 24.3 Å². The van der Waals surface area contributed by atoms with Crippen molar-refractivity contribution in [3.63, 3.8) is 0 Å². The second-order valence-corrected chi connectivity index (χ2v) is 8.03. The molecule has 26 heavy (non-hydrogen) atoms. The van der Waals surface area contributed by atoms with Gasteiger partial charge in [0.15, 0.2) is 0 Å². The van der Waals surface area contributed by atoms with Gasteiger partial charge in [0, 0.05) is 17.8 Å². The summed E-state index contributed by atoms with van der Waals surface area (Å²) in [4.78, 5) is 24.7. The highest BCUT2D eigenvalue weighted by Crippen LogP contribution is 2.24. The predicted molar refractivity (Wildman–Crippen MR) is 104 cm³/mol. The van der Waals surface area contributed by atoms with Gasteiger partial charge in [0.05, 0.1) is 5.25 Å². The molecule has 8 heteroatoms. The maximum atomic E-state index is 13.8. The number of carbonyl (C=O) groups is 2. The number of carbonyl (C=O) groups excluding carboxylic acids is 2. The van der Waals surface area contributed by atoms with Gasteiger partial charge in [-0.3, -0.25) is 9.59 Å². The molecule has 0 bridgehead atoms. The SMILES string of the molecule is Cl.NC1CCC(NC(=O)C2CSC(Cc3ccccc3F)C(=O)N2)CC1. The lowest BCUT2D eigenvalue weighted by Gasteiger charge is -2.31. The van der Waals surface area contributed by atoms with Gasteiger partial charge in [0.1, 0.15) is 11.9 Å². The lowest BCUT2D eigenvalue weighted by molar-refractivity contribution is -0.129. The van der Waals surface area contributed by atoms with Crippen molar-refractivity contribution in [2.75, 3.05) is 5.75 Å². The van der Waals surface area contributed by atoms with Crippen LogP contribution < -0.4 is 16.4 Å². The number of hydrogen-bond donors (Lipinski definition) is 3. The minimum absolute atomic E-state index is 0. The molecule has 1 aromatic rings. The number of nitrogens with two attached hydrogens (primary N) is 1. The molecular formula is C18H25ClFN3O2S. The average Bonchev–Trinajstić information content (AvgIpc) is 2.60. The van der Waals surface area contributed by atoms with E-state index in [4.69, 9.17) is 5.73 Å². The molecule has 1 saturated heterocycles. The van der Waals surface area contributed by atoms with Crippen LogP contribution in [-0.4, -0.2) is 40.9 Å². The molecule has 2 amide bonds. The molecule has 0 radical (unpaired) electrons. The van der Waals surface area contributed by atoms with Crippen LogP contribution in [0.4, 0.5) is 4.39 Å². The Morgan fingerprint density at radius 1 is 1.27 bits per heavy atom. The van der Waals surface area contributed by atoms with E-state index in [2.05, 4.69) is 10.6 Å². The van der Waals surface area contributed by atoms with Crippen molar-refractivity contribution in [1.29, 1.82) is 0 Å². The Bertz CT molecular complexity index is 641. The zero-order chi connectivity index (χ0) is 17.8. The topological polar surface area (TPSA) is 84.2 Å². The van der Waals surface area contributed by atoms with E-state index in [9.17, 15) is 14.0 Å². The fourth-order valence-electron chi connectivity index (χ4n) is 3.32. The Balaban J connectivity index is 0.00000243. The van der Waals surface area contributed by atoms with E-state index in [1.165, 1.54) is 17.8 Å². The molecule has 3 rings (SSSR count). The molecule has 0 spiro atoms. The number of halogens is 2. The van der Waals surface area contributed by atoms with E-state index in [1.54, 1.807) is 18.2 Å². The third-order valence-electron chi connectivity index (χ3n) is 4.87. The molecule has 2 aliphatic rings. The smallest absolute Gasteiger partial charge is 0.243 e. The van der Waals surface area contributed by atoms with Crippen molar-refractivity contribution >= 4 is 36.0 Å². The van der Waals surface area contributed by atoms with E-state index in [0.717, 1.165) is 25.7 Å². The summed E-state index contributed by atoms with van der Waals surface area (Å²) in [5.74, 6) is -0.134. The molecule has 2 unspecified atom stereocenters. The van der Waals surface area contributed by atoms with Crippen molar-refractivity contribution < 1.29 is 14.0 Å². The summed E-state index contributed by atoms with van der Waals surface area (Å²) >= 11 is 1.41. The summed E-state index contributed by atoms with van der Waals surface area (Å²) in [5, 5.41) is 5.44. The number of hydrogen-bond acceptors (Lipinski definition) is 4. The Kier molecular flexibility index (Phi) is 7.73. The number of amides is 2. The van der Waals surface area contributed by atoms with Gasteiger partial charge in [-0.25, -0.2) is 4.39 Å². The number of thioether (sulfide) groups is 1. The number of benzene rings is 1. The van der Waals surface area contributed by atoms with E-state index in [-0.39, 0.29) is 47.4 Å². The lowest BCUT2D eigenvalue weighted by Crippen LogP contribution is -2.56. The van der Waals surface area contributed by atoms with E-state index < -0.39 is 6.04 Å². The van der Waals surface area contributed by atoms with Crippen LogP contribution >= 0.6 is 24.2 Å². The first-order valence-corrected chi connectivity index (χ1v) is 9.79. The molecule has 2 atom stereocenters. The molecule has 1 saturated carbocycles. The molecule has 1 aromatic carbocycles. The van der Waals surface area contributed by atoms with Gasteiger partial charge >= 0.3 is 0 Å². The largest absolute Gasteiger partial charge is 0.352 e. The number of rotatable bonds is 4. The van der Waals surface area contributed by atoms with Crippen LogP contribution in [0.25, 0.3) is 0 Å². The predicted octanol–water partition coefficient (Wildman–Crippen LogP) is 1.78. The lowest BCUT2D eigenvalue weighted by atomic mass is 9.91. The summed E-state index contributed by atoms with van der Waals surface area (Å²) in [7, 11) is 0. The first kappa shape index (κ1) is 21.0. The van der Waals surface area contributed by atoms with Gasteiger partial charge in [-0.2, -0.15) is 0 Å². The quantitative estimate of drug-likeness (QED) is 0.718. The molecule has 1 heterocycles. The zero-order valence-electron chi connectivity index (χ0n) is 14.4. The Morgan fingerprint density at radius 3 is 2.62 bits per heavy atom. The summed E-state index contributed by atoms with van der Waals surface area (Å²) in [6.45, 7) is 0. The van der Waals surface area contributed by atoms with Crippen LogP contribution in [0.2, 0.25) is 0 Å². The highest BCUT2D eigenvalue weighted by atomic mass is 35.5. The summed E-state index contributed by atoms with van der Waals surface area (Å²) in [6.07, 6.45) is 3.94. The second-order valence-electron chi connectivity index (χ2n) is 6.80. The number of nitrogens with one attached hydrogen (secondary N) is 2. The van der Waals surface area contributed by atoms with Gasteiger partial charge in [0.25, 0.3) is 0 Å². The standard InChI is InChI=1S/C18H24FN3O2S.ClH/c19-14-4-2-1-3-11(14)9-16-18(24)22-15(10-25-16)17(23)21-13-7-5-12(20)6-8-13;/h1-4,12-13,15-16H,5-10,20H2,(H,21,23)(H,22,24);1H. The van der Waals surface area contributed by atoms with Crippen LogP contribution in [-0.2, 0) is 16.0 Å². The van der Waals surface area contributed by atoms with Crippen LogP contribution in [0.3, 0.4) is 0 Å². The van der Waals surface area contributed by atoms with Gasteiger partial charge < -0.3 is 16.4 Å². The van der Waals surface area contributed by atoms with Crippen LogP contribution in [0.5, 0.6) is 0 Å². The fraction of sp³-hybridized carbons (Fsp3) is 0.556. The van der Waals surface area contributed by atoms with Crippen LogP contribution in [0.1, 0.15) is 31.2 Å². The molecule has 2 fully saturated rings. The maximum Gasteiger partial charge on any atom is 0.243 e. The normalized spacial score (nSPS) is 28.6. The van der Waals surface area contributed by atoms with Crippen molar-refractivity contribution in [2.45, 2.75) is 55.5 Å². The fourth-order valence-corrected chi connectivity index (χ4v) is 4.49. The molecule has 144 valence electrons. The Labute approximate surface area is 163 Å². The van der Waals surface area contributed by atoms with Crippen LogP contribution in [0, 0.1) is 5.82 Å². The van der Waals surface area contributed by atoms with Gasteiger partial charge in [0.2, 0.25) is 11.8 Å². The van der Waals surface area contributed by atoms with Gasteiger partial charge in [-0.1, -0.05) is 18.2 Å². The third-order valence-corrected chi connectivity index (χ3v) is 6.18. The third kappa shape index (κ3) is 5.34. The highest BCUT2D eigenvalue weighted by Gasteiger charge is 2.33. The van der Waals surface area contributed by atoms with E-state index in [1.807, 2.05) is 0 Å². The molecular weight excluding hydrogens is 377 g/mol. The summed E-state index contributed by atoms with van der Waals surface area (Å²) in [5.41, 5.74) is 6.40.